The molecule has 6 atom stereocenters. The SMILES string of the molecule is C#CC=CCC(Cl)C(CC1OC(CC)C(Br)CC1Cl)OC(C)=O. The van der Waals surface area contributed by atoms with Crippen molar-refractivity contribution in [1.29, 1.82) is 0 Å². The number of terminal acetylenes is 1. The fourth-order valence-electron chi connectivity index (χ4n) is 2.60. The number of alkyl halides is 3. The minimum Gasteiger partial charge on any atom is -0.461 e. The molecule has 1 rings (SSSR count). The van der Waals surface area contributed by atoms with Gasteiger partial charge in [0.15, 0.2) is 0 Å². The summed E-state index contributed by atoms with van der Waals surface area (Å²) >= 11 is 16.4. The van der Waals surface area contributed by atoms with Crippen molar-refractivity contribution in [3.8, 4) is 12.3 Å². The number of hydrogen-bond acceptors (Lipinski definition) is 3. The molecule has 6 unspecified atom stereocenters. The third-order valence-electron chi connectivity index (χ3n) is 3.77. The first-order valence-electron chi connectivity index (χ1n) is 7.75. The third kappa shape index (κ3) is 7.05. The van der Waals surface area contributed by atoms with E-state index in [9.17, 15) is 4.79 Å². The molecular formula is C17H23BrCl2O3. The lowest BCUT2D eigenvalue weighted by molar-refractivity contribution is -0.149. The molecule has 0 N–H and O–H groups in total. The molecule has 1 fully saturated rings. The monoisotopic (exact) mass is 424 g/mol. The van der Waals surface area contributed by atoms with E-state index in [0.717, 1.165) is 12.8 Å². The first-order valence-corrected chi connectivity index (χ1v) is 9.53. The fourth-order valence-corrected chi connectivity index (χ4v) is 4.33. The predicted molar refractivity (Wildman–Crippen MR) is 98.3 cm³/mol. The van der Waals surface area contributed by atoms with Gasteiger partial charge in [0, 0.05) is 18.2 Å². The van der Waals surface area contributed by atoms with E-state index in [4.69, 9.17) is 39.1 Å². The fraction of sp³-hybridized carbons (Fsp3) is 0.706. The molecule has 0 aromatic carbocycles. The summed E-state index contributed by atoms with van der Waals surface area (Å²) in [4.78, 5) is 11.6. The highest BCUT2D eigenvalue weighted by atomic mass is 79.9. The molecule has 1 heterocycles. The normalized spacial score (nSPS) is 30.6. The highest BCUT2D eigenvalue weighted by Gasteiger charge is 2.38. The predicted octanol–water partition coefficient (Wildman–Crippen LogP) is 4.43. The lowest BCUT2D eigenvalue weighted by atomic mass is 9.96. The Morgan fingerprint density at radius 3 is 2.83 bits per heavy atom. The Morgan fingerprint density at radius 1 is 1.57 bits per heavy atom. The lowest BCUT2D eigenvalue weighted by Gasteiger charge is -2.38. The Kier molecular flexibility index (Phi) is 9.61. The minimum atomic E-state index is -0.466. The van der Waals surface area contributed by atoms with Gasteiger partial charge in [0.25, 0.3) is 0 Å². The molecule has 0 aromatic rings. The van der Waals surface area contributed by atoms with E-state index >= 15 is 0 Å². The van der Waals surface area contributed by atoms with Gasteiger partial charge in [-0.25, -0.2) is 0 Å². The van der Waals surface area contributed by atoms with Gasteiger partial charge in [-0.05, 0) is 25.3 Å². The number of rotatable bonds is 7. The molecule has 23 heavy (non-hydrogen) atoms. The molecule has 0 saturated carbocycles. The molecule has 3 nitrogen and oxygen atoms in total. The standard InChI is InChI=1S/C17H23BrCl2O3/c1-4-6-7-8-13(19)16(22-11(3)21)10-17-14(20)9-12(18)15(5-2)23-17/h1,6-7,12-17H,5,8-10H2,2-3H3. The number of allylic oxidation sites excluding steroid dienone is 2. The molecule has 1 saturated heterocycles. The topological polar surface area (TPSA) is 35.5 Å². The van der Waals surface area contributed by atoms with Crippen molar-refractivity contribution in [1.82, 2.24) is 0 Å². The maximum atomic E-state index is 11.4. The first-order chi connectivity index (χ1) is 10.9. The van der Waals surface area contributed by atoms with Crippen LogP contribution in [0.1, 0.15) is 39.5 Å². The highest BCUT2D eigenvalue weighted by Crippen LogP contribution is 2.34. The quantitative estimate of drug-likeness (QED) is 0.343. The van der Waals surface area contributed by atoms with Crippen LogP contribution in [0.4, 0.5) is 0 Å². The van der Waals surface area contributed by atoms with E-state index in [1.807, 2.05) is 0 Å². The zero-order chi connectivity index (χ0) is 17.4. The molecule has 6 heteroatoms. The van der Waals surface area contributed by atoms with Gasteiger partial charge in [-0.2, -0.15) is 0 Å². The molecule has 0 bridgehead atoms. The summed E-state index contributed by atoms with van der Waals surface area (Å²) in [5.41, 5.74) is 0. The number of halogens is 3. The minimum absolute atomic E-state index is 0.100. The van der Waals surface area contributed by atoms with Gasteiger partial charge in [-0.3, -0.25) is 4.79 Å². The maximum Gasteiger partial charge on any atom is 0.302 e. The third-order valence-corrected chi connectivity index (χ3v) is 5.65. The highest BCUT2D eigenvalue weighted by molar-refractivity contribution is 9.09. The van der Waals surface area contributed by atoms with Crippen LogP contribution in [0.15, 0.2) is 12.2 Å². The van der Waals surface area contributed by atoms with Crippen LogP contribution in [-0.2, 0) is 14.3 Å². The zero-order valence-corrected chi connectivity index (χ0v) is 16.5. The molecule has 0 aliphatic carbocycles. The van der Waals surface area contributed by atoms with Crippen LogP contribution in [0.25, 0.3) is 0 Å². The van der Waals surface area contributed by atoms with Crippen molar-refractivity contribution in [2.45, 2.75) is 73.4 Å². The van der Waals surface area contributed by atoms with Crippen LogP contribution in [0.3, 0.4) is 0 Å². The number of carbonyl (C=O) groups is 1. The molecule has 0 radical (unpaired) electrons. The van der Waals surface area contributed by atoms with E-state index in [-0.39, 0.29) is 33.8 Å². The van der Waals surface area contributed by atoms with Gasteiger partial charge in [0.2, 0.25) is 0 Å². The van der Waals surface area contributed by atoms with Crippen LogP contribution in [-0.4, -0.2) is 39.9 Å². The smallest absolute Gasteiger partial charge is 0.302 e. The number of hydrogen-bond donors (Lipinski definition) is 0. The van der Waals surface area contributed by atoms with E-state index in [0.29, 0.717) is 12.8 Å². The summed E-state index contributed by atoms with van der Waals surface area (Å²) in [5.74, 6) is 2.04. The van der Waals surface area contributed by atoms with Crippen molar-refractivity contribution in [2.24, 2.45) is 0 Å². The summed E-state index contributed by atoms with van der Waals surface area (Å²) in [6, 6.07) is 0. The van der Waals surface area contributed by atoms with Gasteiger partial charge in [0.05, 0.1) is 23.0 Å². The van der Waals surface area contributed by atoms with Crippen molar-refractivity contribution >= 4 is 45.1 Å². The molecular weight excluding hydrogens is 403 g/mol. The Bertz CT molecular complexity index is 450. The van der Waals surface area contributed by atoms with Crippen molar-refractivity contribution in [3.63, 3.8) is 0 Å². The molecule has 130 valence electrons. The van der Waals surface area contributed by atoms with Crippen LogP contribution in [0, 0.1) is 12.3 Å². The second-order valence-corrected chi connectivity index (χ2v) is 7.89. The summed E-state index contributed by atoms with van der Waals surface area (Å²) in [7, 11) is 0. The average Bonchev–Trinajstić information content (AvgIpc) is 2.48. The van der Waals surface area contributed by atoms with Crippen LogP contribution in [0.5, 0.6) is 0 Å². The summed E-state index contributed by atoms with van der Waals surface area (Å²) < 4.78 is 11.5. The van der Waals surface area contributed by atoms with Crippen LogP contribution >= 0.6 is 39.1 Å². The van der Waals surface area contributed by atoms with E-state index in [1.165, 1.54) is 6.92 Å². The molecule has 0 aromatic heterocycles. The van der Waals surface area contributed by atoms with Crippen LogP contribution < -0.4 is 0 Å². The molecule has 1 aliphatic rings. The molecule has 1 aliphatic heterocycles. The number of esters is 1. The van der Waals surface area contributed by atoms with Crippen molar-refractivity contribution < 1.29 is 14.3 Å². The van der Waals surface area contributed by atoms with Gasteiger partial charge in [-0.1, -0.05) is 34.9 Å². The zero-order valence-electron chi connectivity index (χ0n) is 13.4. The molecule has 0 spiro atoms. The number of ether oxygens (including phenoxy) is 2. The average molecular weight is 426 g/mol. The summed E-state index contributed by atoms with van der Waals surface area (Å²) in [5, 5.41) is -0.525. The molecule has 0 amide bonds. The number of carbonyl (C=O) groups excluding carboxylic acids is 1. The Balaban J connectivity index is 2.73. The van der Waals surface area contributed by atoms with Gasteiger partial charge >= 0.3 is 5.97 Å². The Morgan fingerprint density at radius 2 is 2.26 bits per heavy atom. The second kappa shape index (κ2) is 10.6. The largest absolute Gasteiger partial charge is 0.461 e. The summed E-state index contributed by atoms with van der Waals surface area (Å²) in [6.07, 6.45) is 10.7. The van der Waals surface area contributed by atoms with E-state index in [1.54, 1.807) is 12.2 Å². The van der Waals surface area contributed by atoms with Gasteiger partial charge < -0.3 is 9.47 Å². The van der Waals surface area contributed by atoms with Crippen molar-refractivity contribution in [3.05, 3.63) is 12.2 Å². The lowest BCUT2D eigenvalue weighted by Crippen LogP contribution is -2.45. The van der Waals surface area contributed by atoms with Gasteiger partial charge in [-0.15, -0.1) is 29.6 Å². The van der Waals surface area contributed by atoms with Gasteiger partial charge in [0.1, 0.15) is 6.10 Å². The van der Waals surface area contributed by atoms with E-state index < -0.39 is 6.10 Å². The maximum absolute atomic E-state index is 11.4. The Labute approximate surface area is 157 Å². The van der Waals surface area contributed by atoms with Crippen molar-refractivity contribution in [2.75, 3.05) is 0 Å². The van der Waals surface area contributed by atoms with Crippen LogP contribution in [0.2, 0.25) is 0 Å². The second-order valence-electron chi connectivity index (χ2n) is 5.59. The Hall–Kier alpha value is -0.210. The first kappa shape index (κ1) is 20.8. The van der Waals surface area contributed by atoms with E-state index in [2.05, 4.69) is 28.8 Å². The summed E-state index contributed by atoms with van der Waals surface area (Å²) in [6.45, 7) is 3.44.